The number of hydrogen-bond acceptors (Lipinski definition) is 3. The number of allylic oxidation sites excluding steroid dienone is 2. The van der Waals surface area contributed by atoms with Crippen LogP contribution in [0.1, 0.15) is 119 Å². The highest BCUT2D eigenvalue weighted by molar-refractivity contribution is 5.85. The fourth-order valence-electron chi connectivity index (χ4n) is 9.56. The van der Waals surface area contributed by atoms with Gasteiger partial charge in [0.2, 0.25) is 0 Å². The molecule has 3 nitrogen and oxygen atoms in total. The predicted octanol–water partition coefficient (Wildman–Crippen LogP) is 7.92. The molecule has 0 aromatic heterocycles. The van der Waals surface area contributed by atoms with Crippen LogP contribution in [0.15, 0.2) is 11.1 Å². The number of rotatable bonds is 6. The van der Waals surface area contributed by atoms with Crippen LogP contribution >= 0.6 is 0 Å². The van der Waals surface area contributed by atoms with Gasteiger partial charge in [-0.1, -0.05) is 72.5 Å². The van der Waals surface area contributed by atoms with Crippen molar-refractivity contribution in [2.24, 2.45) is 45.3 Å². The normalized spacial score (nSPS) is 40.0. The number of fused-ring (bicyclic) bond motifs is 4. The number of esters is 1. The molecule has 2 fully saturated rings. The number of carbonyl (C=O) groups excluding carboxylic acids is 2. The lowest BCUT2D eigenvalue weighted by Gasteiger charge is -2.60. The van der Waals surface area contributed by atoms with Crippen molar-refractivity contribution in [1.82, 2.24) is 0 Å². The van der Waals surface area contributed by atoms with Gasteiger partial charge in [-0.25, -0.2) is 0 Å². The van der Waals surface area contributed by atoms with Crippen molar-refractivity contribution in [2.45, 2.75) is 119 Å². The van der Waals surface area contributed by atoms with E-state index in [2.05, 4.69) is 48.5 Å². The second-order valence-corrected chi connectivity index (χ2v) is 14.0. The average molecular weight is 471 g/mol. The van der Waals surface area contributed by atoms with E-state index >= 15 is 0 Å². The lowest BCUT2D eigenvalue weighted by molar-refractivity contribution is -0.150. The van der Waals surface area contributed by atoms with E-state index in [0.29, 0.717) is 23.5 Å². The minimum Gasteiger partial charge on any atom is -0.469 e. The molecule has 2 saturated carbocycles. The predicted molar refractivity (Wildman–Crippen MR) is 138 cm³/mol. The maximum Gasteiger partial charge on any atom is 0.308 e. The molecule has 0 heterocycles. The Balaban J connectivity index is 1.68. The van der Waals surface area contributed by atoms with Crippen LogP contribution in [-0.4, -0.2) is 18.9 Å². The molecule has 192 valence electrons. The molecule has 0 aliphatic heterocycles. The van der Waals surface area contributed by atoms with Gasteiger partial charge in [0.1, 0.15) is 5.78 Å². The van der Waals surface area contributed by atoms with Crippen molar-refractivity contribution < 1.29 is 14.3 Å². The van der Waals surface area contributed by atoms with E-state index in [9.17, 15) is 9.59 Å². The largest absolute Gasteiger partial charge is 0.469 e. The lowest BCUT2D eigenvalue weighted by Crippen LogP contribution is -2.54. The molecule has 0 amide bonds. The van der Waals surface area contributed by atoms with Crippen LogP contribution in [0, 0.1) is 45.3 Å². The van der Waals surface area contributed by atoms with Gasteiger partial charge >= 0.3 is 5.97 Å². The van der Waals surface area contributed by atoms with Gasteiger partial charge in [0.25, 0.3) is 0 Å². The van der Waals surface area contributed by atoms with E-state index in [1.165, 1.54) is 19.3 Å². The summed E-state index contributed by atoms with van der Waals surface area (Å²) in [5.74, 6) is 2.05. The van der Waals surface area contributed by atoms with E-state index in [1.54, 1.807) is 18.3 Å². The Morgan fingerprint density at radius 3 is 2.29 bits per heavy atom. The molecule has 6 atom stereocenters. The molecule has 0 N–H and O–H groups in total. The molecule has 3 heteroatoms. The zero-order valence-electron chi connectivity index (χ0n) is 23.3. The van der Waals surface area contributed by atoms with Crippen LogP contribution in [-0.2, 0) is 14.3 Å². The Bertz CT molecular complexity index is 866. The first kappa shape index (κ1) is 26.0. The molecule has 0 radical (unpaired) electrons. The third kappa shape index (κ3) is 3.65. The summed E-state index contributed by atoms with van der Waals surface area (Å²) in [6.45, 7) is 16.5. The Morgan fingerprint density at radius 1 is 0.941 bits per heavy atom. The van der Waals surface area contributed by atoms with Gasteiger partial charge in [-0.3, -0.25) is 9.59 Å². The molecule has 0 unspecified atom stereocenters. The first-order valence-corrected chi connectivity index (χ1v) is 14.2. The van der Waals surface area contributed by atoms with Crippen LogP contribution < -0.4 is 0 Å². The highest BCUT2D eigenvalue weighted by atomic mass is 16.5. The summed E-state index contributed by atoms with van der Waals surface area (Å²) < 4.78 is 5.38. The number of hydrogen-bond donors (Lipinski definition) is 0. The van der Waals surface area contributed by atoms with Crippen LogP contribution in [0.25, 0.3) is 0 Å². The zero-order valence-corrected chi connectivity index (χ0v) is 23.3. The molecule has 4 aliphatic rings. The molecule has 0 spiro atoms. The Labute approximate surface area is 208 Å². The van der Waals surface area contributed by atoms with Gasteiger partial charge in [-0.05, 0) is 85.4 Å². The van der Waals surface area contributed by atoms with Gasteiger partial charge < -0.3 is 4.74 Å². The fraction of sp³-hybridized carbons (Fsp3) is 0.871. The van der Waals surface area contributed by atoms with Crippen molar-refractivity contribution in [3.05, 3.63) is 11.1 Å². The van der Waals surface area contributed by atoms with Crippen molar-refractivity contribution in [3.63, 3.8) is 0 Å². The van der Waals surface area contributed by atoms with Gasteiger partial charge in [0.05, 0.1) is 13.0 Å². The number of ketones is 1. The molecule has 0 aromatic rings. The first-order valence-electron chi connectivity index (χ1n) is 14.2. The van der Waals surface area contributed by atoms with E-state index in [1.807, 2.05) is 0 Å². The van der Waals surface area contributed by atoms with E-state index in [-0.39, 0.29) is 33.5 Å². The van der Waals surface area contributed by atoms with Crippen LogP contribution in [0.3, 0.4) is 0 Å². The third-order valence-electron chi connectivity index (χ3n) is 11.8. The third-order valence-corrected chi connectivity index (χ3v) is 11.8. The first-order chi connectivity index (χ1) is 15.8. The standard InChI is InChI=1S/C31H50O3/c1-20(2)10-9-11-21(27(33)34-8)22-14-18-31(7)24-12-13-25-28(3,4)26(32)16-17-29(25,5)23(24)15-19-30(22,31)6/h20-22,25H,9-19H2,1-8H3/t21-,22-,25-,29+,30-,31+/m0/s1. The van der Waals surface area contributed by atoms with Gasteiger partial charge in [0, 0.05) is 11.8 Å². The molecular formula is C31H50O3. The maximum absolute atomic E-state index is 13.1. The molecular weight excluding hydrogens is 420 g/mol. The van der Waals surface area contributed by atoms with Crippen molar-refractivity contribution in [3.8, 4) is 0 Å². The summed E-state index contributed by atoms with van der Waals surface area (Å²) in [4.78, 5) is 25.9. The molecule has 4 aliphatic carbocycles. The Morgan fingerprint density at radius 2 is 1.65 bits per heavy atom. The fourth-order valence-corrected chi connectivity index (χ4v) is 9.56. The van der Waals surface area contributed by atoms with Crippen molar-refractivity contribution in [2.75, 3.05) is 7.11 Å². The number of methoxy groups -OCH3 is 1. The van der Waals surface area contributed by atoms with Gasteiger partial charge in [-0.2, -0.15) is 0 Å². The summed E-state index contributed by atoms with van der Waals surface area (Å²) in [7, 11) is 1.57. The summed E-state index contributed by atoms with van der Waals surface area (Å²) >= 11 is 0. The number of ether oxygens (including phenoxy) is 1. The summed E-state index contributed by atoms with van der Waals surface area (Å²) in [6, 6.07) is 0. The maximum atomic E-state index is 13.1. The molecule has 0 bridgehead atoms. The lowest BCUT2D eigenvalue weighted by atomic mass is 9.43. The highest BCUT2D eigenvalue weighted by Crippen LogP contribution is 2.72. The monoisotopic (exact) mass is 470 g/mol. The van der Waals surface area contributed by atoms with Crippen LogP contribution in [0.2, 0.25) is 0 Å². The second-order valence-electron chi connectivity index (χ2n) is 14.0. The smallest absolute Gasteiger partial charge is 0.308 e. The number of Topliss-reactive ketones (excluding diaryl/α,β-unsaturated/α-hetero) is 1. The van der Waals surface area contributed by atoms with E-state index in [4.69, 9.17) is 4.74 Å². The zero-order chi connectivity index (χ0) is 25.1. The van der Waals surface area contributed by atoms with Gasteiger partial charge in [-0.15, -0.1) is 0 Å². The average Bonchev–Trinajstić information content (AvgIpc) is 3.05. The van der Waals surface area contributed by atoms with E-state index < -0.39 is 0 Å². The SMILES string of the molecule is COC(=O)[C@@H](CCCC(C)C)[C@@H]1CC[C@]2(C)C3=C(CC[C@@]12C)[C@@]1(C)CCC(=O)C(C)(C)[C@@H]1CC3. The van der Waals surface area contributed by atoms with E-state index in [0.717, 1.165) is 51.4 Å². The van der Waals surface area contributed by atoms with Crippen LogP contribution in [0.5, 0.6) is 0 Å². The topological polar surface area (TPSA) is 43.4 Å². The number of carbonyl (C=O) groups is 2. The summed E-state index contributed by atoms with van der Waals surface area (Å²) in [6.07, 6.45) is 11.9. The molecule has 34 heavy (non-hydrogen) atoms. The van der Waals surface area contributed by atoms with Crippen molar-refractivity contribution in [1.29, 1.82) is 0 Å². The minimum atomic E-state index is -0.211. The summed E-state index contributed by atoms with van der Waals surface area (Å²) in [5.41, 5.74) is 3.68. The quantitative estimate of drug-likeness (QED) is 0.292. The van der Waals surface area contributed by atoms with Crippen molar-refractivity contribution >= 4 is 11.8 Å². The Hall–Kier alpha value is -1.12. The second kappa shape index (κ2) is 8.77. The molecule has 0 aromatic carbocycles. The molecule has 4 rings (SSSR count). The molecule has 0 saturated heterocycles. The van der Waals surface area contributed by atoms with Gasteiger partial charge in [0.15, 0.2) is 0 Å². The van der Waals surface area contributed by atoms with Crippen LogP contribution in [0.4, 0.5) is 0 Å². The Kier molecular flexibility index (Phi) is 6.69. The minimum absolute atomic E-state index is 0.0159. The highest BCUT2D eigenvalue weighted by Gasteiger charge is 2.64. The summed E-state index contributed by atoms with van der Waals surface area (Å²) in [5, 5.41) is 0.